The van der Waals surface area contributed by atoms with Crippen LogP contribution in [0.15, 0.2) is 24.3 Å². The maximum atomic E-state index is 12.0. The number of amides is 2. The molecule has 0 aliphatic heterocycles. The molecular weight excluding hydrogens is 306 g/mol. The molecule has 7 heteroatoms. The number of halogens is 2. The van der Waals surface area contributed by atoms with Gasteiger partial charge in [-0.15, -0.1) is 0 Å². The Morgan fingerprint density at radius 3 is 2.48 bits per heavy atom. The Balaban J connectivity index is 1.65. The van der Waals surface area contributed by atoms with Gasteiger partial charge in [-0.05, 0) is 49.8 Å². The summed E-state index contributed by atoms with van der Waals surface area (Å²) in [5.74, 6) is 0.119. The predicted octanol–water partition coefficient (Wildman–Crippen LogP) is 2.43. The van der Waals surface area contributed by atoms with Crippen molar-refractivity contribution in [2.24, 2.45) is 0 Å². The van der Waals surface area contributed by atoms with E-state index in [1.165, 1.54) is 12.1 Å². The molecule has 1 fully saturated rings. The minimum absolute atomic E-state index is 0.115. The molecule has 2 rings (SSSR count). The Hall–Kier alpha value is -1.89. The molecular formula is C16H22F2N2O3. The number of carbonyl (C=O) groups excluding carboxylic acids is 1. The van der Waals surface area contributed by atoms with Gasteiger partial charge >= 0.3 is 12.6 Å². The molecule has 1 saturated carbocycles. The van der Waals surface area contributed by atoms with Crippen LogP contribution in [-0.2, 0) is 6.42 Å². The minimum Gasteiger partial charge on any atom is -0.435 e. The van der Waals surface area contributed by atoms with Crippen molar-refractivity contribution in [2.75, 3.05) is 6.54 Å². The summed E-state index contributed by atoms with van der Waals surface area (Å²) in [7, 11) is 0. The number of carbonyl (C=O) groups is 1. The van der Waals surface area contributed by atoms with Gasteiger partial charge in [0.15, 0.2) is 0 Å². The van der Waals surface area contributed by atoms with Crippen molar-refractivity contribution in [1.29, 1.82) is 0 Å². The van der Waals surface area contributed by atoms with E-state index < -0.39 is 6.61 Å². The zero-order valence-electron chi connectivity index (χ0n) is 12.8. The second-order valence-electron chi connectivity index (χ2n) is 5.68. The van der Waals surface area contributed by atoms with Gasteiger partial charge in [-0.25, -0.2) is 4.79 Å². The first kappa shape index (κ1) is 17.5. The maximum absolute atomic E-state index is 12.0. The lowest BCUT2D eigenvalue weighted by Gasteiger charge is -2.26. The number of nitrogens with one attached hydrogen (secondary N) is 2. The molecule has 1 aromatic carbocycles. The number of alkyl halides is 2. The number of benzene rings is 1. The molecule has 0 radical (unpaired) electrons. The van der Waals surface area contributed by atoms with E-state index in [1.54, 1.807) is 12.1 Å². The van der Waals surface area contributed by atoms with Crippen molar-refractivity contribution >= 4 is 6.03 Å². The number of rotatable bonds is 6. The van der Waals surface area contributed by atoms with Gasteiger partial charge in [0.2, 0.25) is 0 Å². The third-order valence-electron chi connectivity index (χ3n) is 3.88. The fourth-order valence-corrected chi connectivity index (χ4v) is 2.61. The largest absolute Gasteiger partial charge is 0.435 e. The number of urea groups is 1. The minimum atomic E-state index is -2.83. The molecule has 0 spiro atoms. The molecule has 2 amide bonds. The standard InChI is InChI=1S/C16H22F2N2O3/c17-15(18)23-14-7-1-11(2-8-14)9-10-19-16(22)20-12-3-5-13(21)6-4-12/h1-2,7-8,12-13,15,21H,3-6,9-10H2,(H2,19,20,22). The van der Waals surface area contributed by atoms with E-state index >= 15 is 0 Å². The first-order valence-electron chi connectivity index (χ1n) is 7.79. The second kappa shape index (κ2) is 8.67. The van der Waals surface area contributed by atoms with Crippen LogP contribution in [0.3, 0.4) is 0 Å². The van der Waals surface area contributed by atoms with Crippen molar-refractivity contribution in [3.63, 3.8) is 0 Å². The van der Waals surface area contributed by atoms with Crippen LogP contribution in [0.1, 0.15) is 31.2 Å². The molecule has 0 saturated heterocycles. The second-order valence-corrected chi connectivity index (χ2v) is 5.68. The van der Waals surface area contributed by atoms with Crippen LogP contribution in [0.2, 0.25) is 0 Å². The van der Waals surface area contributed by atoms with Crippen LogP contribution in [0.25, 0.3) is 0 Å². The highest BCUT2D eigenvalue weighted by Gasteiger charge is 2.20. The lowest BCUT2D eigenvalue weighted by atomic mass is 9.93. The fraction of sp³-hybridized carbons (Fsp3) is 0.562. The van der Waals surface area contributed by atoms with E-state index in [9.17, 15) is 18.7 Å². The van der Waals surface area contributed by atoms with Crippen molar-refractivity contribution in [1.82, 2.24) is 10.6 Å². The van der Waals surface area contributed by atoms with Crippen LogP contribution in [0, 0.1) is 0 Å². The summed E-state index contributed by atoms with van der Waals surface area (Å²) >= 11 is 0. The number of ether oxygens (including phenoxy) is 1. The van der Waals surface area contributed by atoms with Crippen LogP contribution < -0.4 is 15.4 Å². The zero-order valence-corrected chi connectivity index (χ0v) is 12.8. The Morgan fingerprint density at radius 1 is 1.22 bits per heavy atom. The van der Waals surface area contributed by atoms with Gasteiger partial charge in [-0.1, -0.05) is 12.1 Å². The summed E-state index contributed by atoms with van der Waals surface area (Å²) in [4.78, 5) is 11.8. The van der Waals surface area contributed by atoms with E-state index in [1.807, 2.05) is 0 Å². The van der Waals surface area contributed by atoms with Gasteiger partial charge in [-0.3, -0.25) is 0 Å². The number of aliphatic hydroxyl groups excluding tert-OH is 1. The van der Waals surface area contributed by atoms with Gasteiger partial charge < -0.3 is 20.5 Å². The van der Waals surface area contributed by atoms with Crippen molar-refractivity contribution in [3.05, 3.63) is 29.8 Å². The van der Waals surface area contributed by atoms with Crippen molar-refractivity contribution < 1.29 is 23.4 Å². The smallest absolute Gasteiger partial charge is 0.387 e. The SMILES string of the molecule is O=C(NCCc1ccc(OC(F)F)cc1)NC1CCC(O)CC1. The monoisotopic (exact) mass is 328 g/mol. The first-order valence-corrected chi connectivity index (χ1v) is 7.79. The Labute approximate surface area is 134 Å². The average Bonchev–Trinajstić information content (AvgIpc) is 2.51. The van der Waals surface area contributed by atoms with Crippen molar-refractivity contribution in [3.8, 4) is 5.75 Å². The number of aliphatic hydroxyl groups is 1. The average molecular weight is 328 g/mol. The highest BCUT2D eigenvalue weighted by atomic mass is 19.3. The lowest BCUT2D eigenvalue weighted by molar-refractivity contribution is -0.0498. The van der Waals surface area contributed by atoms with Gasteiger partial charge in [0.1, 0.15) is 5.75 Å². The molecule has 3 N–H and O–H groups in total. The van der Waals surface area contributed by atoms with Gasteiger partial charge in [0, 0.05) is 12.6 Å². The molecule has 0 atom stereocenters. The van der Waals surface area contributed by atoms with Gasteiger partial charge in [-0.2, -0.15) is 8.78 Å². The fourth-order valence-electron chi connectivity index (χ4n) is 2.61. The normalized spacial score (nSPS) is 21.0. The molecule has 5 nitrogen and oxygen atoms in total. The molecule has 0 bridgehead atoms. The molecule has 1 aliphatic rings. The van der Waals surface area contributed by atoms with E-state index in [0.717, 1.165) is 31.2 Å². The Morgan fingerprint density at radius 2 is 1.87 bits per heavy atom. The highest BCUT2D eigenvalue weighted by molar-refractivity contribution is 5.74. The van der Waals surface area contributed by atoms with Crippen LogP contribution >= 0.6 is 0 Å². The summed E-state index contributed by atoms with van der Waals surface area (Å²) in [6.07, 6.45) is 3.38. The van der Waals surface area contributed by atoms with Gasteiger partial charge in [0.05, 0.1) is 6.10 Å². The van der Waals surface area contributed by atoms with Crippen molar-refractivity contribution in [2.45, 2.75) is 50.9 Å². The molecule has 23 heavy (non-hydrogen) atoms. The molecule has 0 heterocycles. The Kier molecular flexibility index (Phi) is 6.58. The zero-order chi connectivity index (χ0) is 16.7. The molecule has 1 aliphatic carbocycles. The Bertz CT molecular complexity index is 489. The molecule has 0 aromatic heterocycles. The van der Waals surface area contributed by atoms with Gasteiger partial charge in [0.25, 0.3) is 0 Å². The van der Waals surface area contributed by atoms with E-state index in [0.29, 0.717) is 13.0 Å². The maximum Gasteiger partial charge on any atom is 0.387 e. The summed E-state index contributed by atoms with van der Waals surface area (Å²) < 4.78 is 28.3. The van der Waals surface area contributed by atoms with Crippen LogP contribution in [0.5, 0.6) is 5.75 Å². The quantitative estimate of drug-likeness (QED) is 0.751. The predicted molar refractivity (Wildman–Crippen MR) is 81.6 cm³/mol. The van der Waals surface area contributed by atoms with E-state index in [2.05, 4.69) is 15.4 Å². The summed E-state index contributed by atoms with van der Waals surface area (Å²) in [6.45, 7) is -2.37. The van der Waals surface area contributed by atoms with Crippen LogP contribution in [0.4, 0.5) is 13.6 Å². The summed E-state index contributed by atoms with van der Waals surface area (Å²) in [5, 5.41) is 15.1. The molecule has 0 unspecified atom stereocenters. The number of hydrogen-bond donors (Lipinski definition) is 3. The topological polar surface area (TPSA) is 70.6 Å². The van der Waals surface area contributed by atoms with E-state index in [4.69, 9.17) is 0 Å². The van der Waals surface area contributed by atoms with E-state index in [-0.39, 0.29) is 23.9 Å². The third-order valence-corrected chi connectivity index (χ3v) is 3.88. The third kappa shape index (κ3) is 6.40. The lowest BCUT2D eigenvalue weighted by Crippen LogP contribution is -2.44. The number of hydrogen-bond acceptors (Lipinski definition) is 3. The summed E-state index contributed by atoms with van der Waals surface area (Å²) in [5.41, 5.74) is 0.924. The first-order chi connectivity index (χ1) is 11.0. The molecule has 128 valence electrons. The van der Waals surface area contributed by atoms with Crippen LogP contribution in [-0.4, -0.2) is 36.4 Å². The molecule has 1 aromatic rings. The highest BCUT2D eigenvalue weighted by Crippen LogP contribution is 2.18. The summed E-state index contributed by atoms with van der Waals surface area (Å²) in [6, 6.07) is 6.25.